The standard InChI is InChI=1S/C26H28F2N6O3/c1-5-29-25(22-18(27)9-6-10-21(22)37-4)30-15(2)26(36)31-20-12-19(28)23-17(13-33(3)32-23)24(20)34-11-7-8-16(34)14-35/h5-6,9-10,12-13,16,35H,1,7-8,11,14H2,2-4H3,(H,31,36)/b29-25-,30-15+/t16-/m1/s1. The van der Waals surface area contributed by atoms with Crippen LogP contribution in [0.2, 0.25) is 0 Å². The van der Waals surface area contributed by atoms with Crippen molar-refractivity contribution in [3.05, 3.63) is 60.4 Å². The molecule has 1 aliphatic heterocycles. The number of halogens is 2. The Morgan fingerprint density at radius 3 is 2.86 bits per heavy atom. The molecular weight excluding hydrogens is 482 g/mol. The van der Waals surface area contributed by atoms with Gasteiger partial charge in [-0.2, -0.15) is 5.10 Å². The summed E-state index contributed by atoms with van der Waals surface area (Å²) in [5.41, 5.74) is 0.866. The second-order valence-corrected chi connectivity index (χ2v) is 8.60. The van der Waals surface area contributed by atoms with E-state index in [-0.39, 0.29) is 46.7 Å². The highest BCUT2D eigenvalue weighted by Crippen LogP contribution is 2.39. The van der Waals surface area contributed by atoms with Gasteiger partial charge in [-0.3, -0.25) is 9.48 Å². The molecule has 1 fully saturated rings. The number of aliphatic hydroxyl groups excluding tert-OH is 1. The molecule has 1 saturated heterocycles. The predicted molar refractivity (Wildman–Crippen MR) is 140 cm³/mol. The van der Waals surface area contributed by atoms with Crippen LogP contribution in [0.5, 0.6) is 5.75 Å². The number of aliphatic imine (C=N–C) groups is 2. The maximum atomic E-state index is 15.0. The molecule has 1 aromatic heterocycles. The monoisotopic (exact) mass is 510 g/mol. The first-order chi connectivity index (χ1) is 17.8. The summed E-state index contributed by atoms with van der Waals surface area (Å²) >= 11 is 0. The molecule has 194 valence electrons. The quantitative estimate of drug-likeness (QED) is 0.372. The fraction of sp³-hybridized carbons (Fsp3) is 0.308. The minimum atomic E-state index is -0.643. The van der Waals surface area contributed by atoms with Crippen molar-refractivity contribution in [2.24, 2.45) is 17.0 Å². The van der Waals surface area contributed by atoms with Crippen LogP contribution in [-0.4, -0.2) is 58.6 Å². The fourth-order valence-corrected chi connectivity index (χ4v) is 4.52. The zero-order valence-electron chi connectivity index (χ0n) is 20.8. The number of nitrogens with one attached hydrogen (secondary N) is 1. The highest BCUT2D eigenvalue weighted by molar-refractivity contribution is 6.44. The lowest BCUT2D eigenvalue weighted by Crippen LogP contribution is -2.33. The Morgan fingerprint density at radius 2 is 2.16 bits per heavy atom. The summed E-state index contributed by atoms with van der Waals surface area (Å²) in [5, 5.41) is 17.4. The van der Waals surface area contributed by atoms with E-state index in [0.717, 1.165) is 12.8 Å². The smallest absolute Gasteiger partial charge is 0.269 e. The summed E-state index contributed by atoms with van der Waals surface area (Å²) < 4.78 is 36.4. The summed E-state index contributed by atoms with van der Waals surface area (Å²) in [7, 11) is 3.07. The van der Waals surface area contributed by atoms with Crippen molar-refractivity contribution in [2.75, 3.05) is 30.5 Å². The van der Waals surface area contributed by atoms with E-state index in [1.54, 1.807) is 19.3 Å². The van der Waals surface area contributed by atoms with Crippen LogP contribution in [0.25, 0.3) is 10.9 Å². The molecule has 1 atom stereocenters. The summed E-state index contributed by atoms with van der Waals surface area (Å²) in [5.74, 6) is -1.79. The Labute approximate surface area is 212 Å². The number of aryl methyl sites for hydroxylation is 1. The Kier molecular flexibility index (Phi) is 7.63. The summed E-state index contributed by atoms with van der Waals surface area (Å²) in [6.07, 6.45) is 4.46. The molecule has 37 heavy (non-hydrogen) atoms. The lowest BCUT2D eigenvalue weighted by molar-refractivity contribution is -0.110. The second-order valence-electron chi connectivity index (χ2n) is 8.60. The first-order valence-corrected chi connectivity index (χ1v) is 11.7. The lowest BCUT2D eigenvalue weighted by Gasteiger charge is -2.28. The summed E-state index contributed by atoms with van der Waals surface area (Å²) in [6.45, 7) is 5.52. The van der Waals surface area contributed by atoms with Crippen LogP contribution < -0.4 is 15.0 Å². The summed E-state index contributed by atoms with van der Waals surface area (Å²) in [6, 6.07) is 5.29. The predicted octanol–water partition coefficient (Wildman–Crippen LogP) is 3.81. The van der Waals surface area contributed by atoms with Crippen LogP contribution in [0.3, 0.4) is 0 Å². The normalized spacial score (nSPS) is 16.4. The van der Waals surface area contributed by atoms with Crippen LogP contribution in [-0.2, 0) is 11.8 Å². The van der Waals surface area contributed by atoms with Gasteiger partial charge in [0.1, 0.15) is 22.8 Å². The third kappa shape index (κ3) is 5.08. The van der Waals surface area contributed by atoms with Crippen molar-refractivity contribution < 1.29 is 23.4 Å². The van der Waals surface area contributed by atoms with Gasteiger partial charge >= 0.3 is 0 Å². The number of hydrogen-bond donors (Lipinski definition) is 2. The largest absolute Gasteiger partial charge is 0.496 e. The Morgan fingerprint density at radius 1 is 1.38 bits per heavy atom. The van der Waals surface area contributed by atoms with E-state index in [0.29, 0.717) is 17.6 Å². The van der Waals surface area contributed by atoms with Crippen molar-refractivity contribution in [1.82, 2.24) is 9.78 Å². The van der Waals surface area contributed by atoms with E-state index in [1.807, 2.05) is 4.90 Å². The molecule has 2 N–H and O–H groups in total. The molecule has 0 radical (unpaired) electrons. The number of aromatic nitrogens is 2. The fourth-order valence-electron chi connectivity index (χ4n) is 4.52. The number of methoxy groups -OCH3 is 1. The van der Waals surface area contributed by atoms with Gasteiger partial charge in [0.25, 0.3) is 5.91 Å². The number of carbonyl (C=O) groups excluding carboxylic acids is 1. The van der Waals surface area contributed by atoms with Gasteiger partial charge in [-0.15, -0.1) is 0 Å². The minimum absolute atomic E-state index is 0.0246. The van der Waals surface area contributed by atoms with Crippen molar-refractivity contribution in [3.63, 3.8) is 0 Å². The Hall–Kier alpha value is -4.12. The number of benzene rings is 2. The number of fused-ring (bicyclic) bond motifs is 1. The molecule has 1 aliphatic rings. The number of amides is 1. The lowest BCUT2D eigenvalue weighted by atomic mass is 10.1. The Balaban J connectivity index is 1.75. The number of ether oxygens (including phenoxy) is 1. The third-order valence-corrected chi connectivity index (χ3v) is 6.19. The zero-order chi connectivity index (χ0) is 26.7. The van der Waals surface area contributed by atoms with Gasteiger partial charge < -0.3 is 20.1 Å². The average molecular weight is 511 g/mol. The Bertz CT molecular complexity index is 1420. The van der Waals surface area contributed by atoms with E-state index < -0.39 is 17.5 Å². The third-order valence-electron chi connectivity index (χ3n) is 6.19. The zero-order valence-corrected chi connectivity index (χ0v) is 20.8. The molecule has 9 nitrogen and oxygen atoms in total. The molecule has 3 aromatic rings. The molecule has 0 spiro atoms. The number of amidine groups is 1. The maximum Gasteiger partial charge on any atom is 0.269 e. The van der Waals surface area contributed by atoms with Gasteiger partial charge in [-0.25, -0.2) is 18.8 Å². The number of hydrogen-bond acceptors (Lipinski definition) is 6. The topological polar surface area (TPSA) is 104 Å². The van der Waals surface area contributed by atoms with E-state index in [4.69, 9.17) is 4.74 Å². The van der Waals surface area contributed by atoms with E-state index in [1.165, 1.54) is 43.1 Å². The van der Waals surface area contributed by atoms with Gasteiger partial charge in [0.05, 0.1) is 36.7 Å². The number of carbonyl (C=O) groups is 1. The summed E-state index contributed by atoms with van der Waals surface area (Å²) in [4.78, 5) is 23.5. The molecule has 2 heterocycles. The first-order valence-electron chi connectivity index (χ1n) is 11.7. The molecule has 0 aliphatic carbocycles. The molecular formula is C26H28F2N6O3. The van der Waals surface area contributed by atoms with Crippen molar-refractivity contribution in [1.29, 1.82) is 0 Å². The molecule has 4 rings (SSSR count). The average Bonchev–Trinajstić information content (AvgIpc) is 3.50. The molecule has 0 saturated carbocycles. The van der Waals surface area contributed by atoms with Crippen LogP contribution in [0, 0.1) is 11.6 Å². The number of rotatable bonds is 7. The van der Waals surface area contributed by atoms with E-state index in [2.05, 4.69) is 27.0 Å². The highest BCUT2D eigenvalue weighted by Gasteiger charge is 2.30. The van der Waals surface area contributed by atoms with Crippen LogP contribution in [0.4, 0.5) is 20.2 Å². The number of nitrogens with zero attached hydrogens (tertiary/aromatic N) is 5. The van der Waals surface area contributed by atoms with Gasteiger partial charge in [0.15, 0.2) is 11.7 Å². The van der Waals surface area contributed by atoms with Crippen LogP contribution in [0.15, 0.2) is 53.2 Å². The van der Waals surface area contributed by atoms with Crippen molar-refractivity contribution in [3.8, 4) is 5.75 Å². The van der Waals surface area contributed by atoms with Crippen molar-refractivity contribution >= 4 is 39.7 Å². The van der Waals surface area contributed by atoms with E-state index >= 15 is 4.39 Å². The van der Waals surface area contributed by atoms with Gasteiger partial charge in [-0.05, 0) is 31.9 Å². The first kappa shape index (κ1) is 26.0. The minimum Gasteiger partial charge on any atom is -0.496 e. The molecule has 2 aromatic carbocycles. The van der Waals surface area contributed by atoms with Gasteiger partial charge in [0, 0.05) is 37.4 Å². The van der Waals surface area contributed by atoms with Crippen LogP contribution in [0.1, 0.15) is 25.3 Å². The highest BCUT2D eigenvalue weighted by atomic mass is 19.1. The van der Waals surface area contributed by atoms with Gasteiger partial charge in [-0.1, -0.05) is 12.6 Å². The van der Waals surface area contributed by atoms with Gasteiger partial charge in [0.2, 0.25) is 0 Å². The SMILES string of the molecule is C=C/N=C(\N=C(/C)C(=O)Nc1cc(F)c2nn(C)cc2c1N1CCC[C@@H]1CO)c1c(F)cccc1OC. The number of aliphatic hydroxyl groups is 1. The number of anilines is 2. The molecule has 0 unspecified atom stereocenters. The molecule has 11 heteroatoms. The van der Waals surface area contributed by atoms with Crippen LogP contribution >= 0.6 is 0 Å². The second kappa shape index (κ2) is 10.9. The molecule has 0 bridgehead atoms. The molecule has 1 amide bonds. The van der Waals surface area contributed by atoms with E-state index in [9.17, 15) is 14.3 Å². The van der Waals surface area contributed by atoms with Crippen molar-refractivity contribution in [2.45, 2.75) is 25.8 Å². The maximum absolute atomic E-state index is 15.0.